The molecule has 4 aliphatic rings. The van der Waals surface area contributed by atoms with Crippen LogP contribution in [0.15, 0.2) is 0 Å². The van der Waals surface area contributed by atoms with Gasteiger partial charge in [-0.25, -0.2) is 0 Å². The van der Waals surface area contributed by atoms with E-state index in [0.717, 1.165) is 37.2 Å². The smallest absolute Gasteiger partial charge is 0.139 e. The fourth-order valence-electron chi connectivity index (χ4n) is 7.38. The summed E-state index contributed by atoms with van der Waals surface area (Å²) in [5.74, 6) is 3.82. The molecule has 2 nitrogen and oxygen atoms in total. The van der Waals surface area contributed by atoms with Crippen molar-refractivity contribution in [1.82, 2.24) is 0 Å². The first-order valence-electron chi connectivity index (χ1n) is 10.1. The summed E-state index contributed by atoms with van der Waals surface area (Å²) in [4.78, 5) is 12.5. The number of carbonyl (C=O) groups is 1. The molecule has 4 aliphatic carbocycles. The fraction of sp³-hybridized carbons (Fsp3) is 0.952. The lowest BCUT2D eigenvalue weighted by Gasteiger charge is -2.60. The van der Waals surface area contributed by atoms with Crippen LogP contribution in [-0.4, -0.2) is 18.5 Å². The van der Waals surface area contributed by atoms with Crippen LogP contribution < -0.4 is 0 Å². The monoisotopic (exact) mass is 318 g/mol. The average molecular weight is 319 g/mol. The molecule has 2 heteroatoms. The van der Waals surface area contributed by atoms with E-state index in [1.807, 2.05) is 0 Å². The van der Waals surface area contributed by atoms with Crippen molar-refractivity contribution in [2.75, 3.05) is 6.61 Å². The highest BCUT2D eigenvalue weighted by Gasteiger charge is 2.60. The molecule has 0 aromatic carbocycles. The Bertz CT molecular complexity index is 486. The number of fused-ring (bicyclic) bond motifs is 5. The number of hydrogen-bond donors (Lipinski definition) is 0. The van der Waals surface area contributed by atoms with Crippen LogP contribution >= 0.6 is 0 Å². The van der Waals surface area contributed by atoms with E-state index in [-0.39, 0.29) is 5.41 Å². The molecule has 0 spiro atoms. The normalized spacial score (nSPS) is 52.7. The van der Waals surface area contributed by atoms with Crippen LogP contribution in [0.25, 0.3) is 0 Å². The minimum Gasteiger partial charge on any atom is -0.378 e. The molecule has 0 radical (unpaired) electrons. The predicted molar refractivity (Wildman–Crippen MR) is 92.1 cm³/mol. The lowest BCUT2D eigenvalue weighted by atomic mass is 9.45. The van der Waals surface area contributed by atoms with Crippen LogP contribution in [-0.2, 0) is 9.53 Å². The van der Waals surface area contributed by atoms with E-state index in [1.54, 1.807) is 0 Å². The molecule has 0 saturated heterocycles. The Morgan fingerprint density at radius 1 is 1.04 bits per heavy atom. The molecule has 4 rings (SSSR count). The third kappa shape index (κ3) is 2.27. The number of ketones is 1. The summed E-state index contributed by atoms with van der Waals surface area (Å²) in [6, 6.07) is 0. The van der Waals surface area contributed by atoms with Crippen LogP contribution in [0.3, 0.4) is 0 Å². The highest BCUT2D eigenvalue weighted by molar-refractivity contribution is 5.87. The highest BCUT2D eigenvalue weighted by atomic mass is 16.5. The summed E-state index contributed by atoms with van der Waals surface area (Å²) in [5.41, 5.74) is 0.552. The quantitative estimate of drug-likeness (QED) is 0.716. The number of Topliss-reactive ketones (excluding diaryl/α,β-unsaturated/α-hetero) is 1. The maximum Gasteiger partial charge on any atom is 0.139 e. The van der Waals surface area contributed by atoms with Crippen LogP contribution in [0.1, 0.15) is 78.6 Å². The van der Waals surface area contributed by atoms with Gasteiger partial charge in [0.2, 0.25) is 0 Å². The molecule has 23 heavy (non-hydrogen) atoms. The van der Waals surface area contributed by atoms with E-state index < -0.39 is 0 Å². The Morgan fingerprint density at radius 3 is 2.65 bits per heavy atom. The first kappa shape index (κ1) is 16.1. The van der Waals surface area contributed by atoms with E-state index in [2.05, 4.69) is 20.8 Å². The van der Waals surface area contributed by atoms with Crippen LogP contribution in [0.4, 0.5) is 0 Å². The summed E-state index contributed by atoms with van der Waals surface area (Å²) in [6.07, 6.45) is 11.6. The molecular formula is C21H34O2. The van der Waals surface area contributed by atoms with Gasteiger partial charge in [0, 0.05) is 18.4 Å². The second-order valence-corrected chi connectivity index (χ2v) is 9.43. The van der Waals surface area contributed by atoms with Gasteiger partial charge in [0.1, 0.15) is 5.78 Å². The summed E-state index contributed by atoms with van der Waals surface area (Å²) in [7, 11) is 0. The van der Waals surface area contributed by atoms with Crippen molar-refractivity contribution in [2.24, 2.45) is 34.5 Å². The first-order chi connectivity index (χ1) is 11.0. The summed E-state index contributed by atoms with van der Waals surface area (Å²) in [5, 5.41) is 0. The van der Waals surface area contributed by atoms with Crippen molar-refractivity contribution in [3.63, 3.8) is 0 Å². The maximum atomic E-state index is 12.5. The zero-order chi connectivity index (χ0) is 16.2. The SMILES string of the molecule is CCOC1CC[C@@]2(C)C(CC[C@@H]3[C@@H]2CC[C@]2(C)C(=O)CC[C@@H]32)C1. The third-order valence-electron chi connectivity index (χ3n) is 8.73. The molecule has 4 fully saturated rings. The molecule has 130 valence electrons. The lowest BCUT2D eigenvalue weighted by Crippen LogP contribution is -2.54. The van der Waals surface area contributed by atoms with Gasteiger partial charge in [0.25, 0.3) is 0 Å². The van der Waals surface area contributed by atoms with Gasteiger partial charge in [-0.05, 0) is 87.4 Å². The van der Waals surface area contributed by atoms with Gasteiger partial charge in [-0.3, -0.25) is 4.79 Å². The van der Waals surface area contributed by atoms with E-state index in [0.29, 0.717) is 23.2 Å². The Hall–Kier alpha value is -0.370. The van der Waals surface area contributed by atoms with Crippen LogP contribution in [0.5, 0.6) is 0 Å². The highest BCUT2D eigenvalue weighted by Crippen LogP contribution is 2.65. The molecule has 0 heterocycles. The van der Waals surface area contributed by atoms with Crippen LogP contribution in [0.2, 0.25) is 0 Å². The second-order valence-electron chi connectivity index (χ2n) is 9.43. The van der Waals surface area contributed by atoms with E-state index in [9.17, 15) is 4.79 Å². The molecule has 4 saturated carbocycles. The van der Waals surface area contributed by atoms with Gasteiger partial charge in [0.05, 0.1) is 6.10 Å². The lowest BCUT2D eigenvalue weighted by molar-refractivity contribution is -0.144. The largest absolute Gasteiger partial charge is 0.378 e. The Morgan fingerprint density at radius 2 is 1.87 bits per heavy atom. The van der Waals surface area contributed by atoms with E-state index >= 15 is 0 Å². The molecule has 0 aromatic rings. The Labute approximate surface area is 141 Å². The van der Waals surface area contributed by atoms with E-state index in [4.69, 9.17) is 4.74 Å². The number of rotatable bonds is 2. The zero-order valence-corrected chi connectivity index (χ0v) is 15.3. The van der Waals surface area contributed by atoms with Gasteiger partial charge in [0.15, 0.2) is 0 Å². The summed E-state index contributed by atoms with van der Waals surface area (Å²) in [6.45, 7) is 7.88. The Kier molecular flexibility index (Phi) is 3.91. The molecule has 0 aromatic heterocycles. The van der Waals surface area contributed by atoms with E-state index in [1.165, 1.54) is 44.9 Å². The van der Waals surface area contributed by atoms with Gasteiger partial charge in [-0.1, -0.05) is 13.8 Å². The van der Waals surface area contributed by atoms with Crippen molar-refractivity contribution in [3.8, 4) is 0 Å². The molecule has 0 aliphatic heterocycles. The minimum absolute atomic E-state index is 0.0346. The standard InChI is InChI=1S/C21H34O2/c1-4-23-15-9-11-20(2)14(13-15)5-6-16-17-7-8-19(22)21(17,3)12-10-18(16)20/h14-18H,4-13H2,1-3H3/t14?,15?,16-,17-,18-,20-,21-/m0/s1. The predicted octanol–water partition coefficient (Wildman–Crippen LogP) is 5.00. The molecule has 0 N–H and O–H groups in total. The fourth-order valence-corrected chi connectivity index (χ4v) is 7.38. The maximum absolute atomic E-state index is 12.5. The molecule has 0 bridgehead atoms. The molecule has 0 amide bonds. The van der Waals surface area contributed by atoms with Gasteiger partial charge in [-0.15, -0.1) is 0 Å². The number of hydrogen-bond acceptors (Lipinski definition) is 2. The van der Waals surface area contributed by atoms with Crippen molar-refractivity contribution >= 4 is 5.78 Å². The molecule has 2 unspecified atom stereocenters. The zero-order valence-electron chi connectivity index (χ0n) is 15.3. The van der Waals surface area contributed by atoms with Gasteiger partial charge in [-0.2, -0.15) is 0 Å². The van der Waals surface area contributed by atoms with Gasteiger partial charge >= 0.3 is 0 Å². The van der Waals surface area contributed by atoms with Crippen molar-refractivity contribution in [3.05, 3.63) is 0 Å². The summed E-state index contributed by atoms with van der Waals surface area (Å²) < 4.78 is 5.97. The second kappa shape index (κ2) is 5.58. The first-order valence-corrected chi connectivity index (χ1v) is 10.1. The van der Waals surface area contributed by atoms with Crippen LogP contribution in [0, 0.1) is 34.5 Å². The van der Waals surface area contributed by atoms with Crippen molar-refractivity contribution in [1.29, 1.82) is 0 Å². The van der Waals surface area contributed by atoms with Crippen molar-refractivity contribution < 1.29 is 9.53 Å². The topological polar surface area (TPSA) is 26.3 Å². The summed E-state index contributed by atoms with van der Waals surface area (Å²) >= 11 is 0. The Balaban J connectivity index is 1.56. The molecular weight excluding hydrogens is 284 g/mol. The number of ether oxygens (including phenoxy) is 1. The minimum atomic E-state index is 0.0346. The van der Waals surface area contributed by atoms with Crippen molar-refractivity contribution in [2.45, 2.75) is 84.7 Å². The third-order valence-corrected chi connectivity index (χ3v) is 8.73. The molecule has 7 atom stereocenters. The van der Waals surface area contributed by atoms with Gasteiger partial charge < -0.3 is 4.74 Å². The average Bonchev–Trinajstić information content (AvgIpc) is 2.84. The number of carbonyl (C=O) groups excluding carboxylic acids is 1.